The second-order valence-electron chi connectivity index (χ2n) is 6.03. The lowest BCUT2D eigenvalue weighted by atomic mass is 10.2. The summed E-state index contributed by atoms with van der Waals surface area (Å²) in [7, 11) is 1.58. The molecule has 0 aliphatic carbocycles. The number of carbonyl (C=O) groups is 2. The van der Waals surface area contributed by atoms with Crippen LogP contribution in [0.25, 0.3) is 0 Å². The lowest BCUT2D eigenvalue weighted by Gasteiger charge is -2.16. The van der Waals surface area contributed by atoms with Crippen LogP contribution in [0.4, 0.5) is 11.4 Å². The molecule has 0 saturated heterocycles. The lowest BCUT2D eigenvalue weighted by molar-refractivity contribution is -0.116. The minimum Gasteiger partial charge on any atom is -0.495 e. The van der Waals surface area contributed by atoms with Gasteiger partial charge in [0, 0.05) is 17.0 Å². The largest absolute Gasteiger partial charge is 0.495 e. The molecule has 2 N–H and O–H groups in total. The molecule has 0 heterocycles. The zero-order chi connectivity index (χ0) is 19.6. The van der Waals surface area contributed by atoms with E-state index in [1.165, 1.54) is 11.8 Å². The van der Waals surface area contributed by atoms with Crippen LogP contribution in [-0.4, -0.2) is 24.2 Å². The molecule has 0 fully saturated rings. The van der Waals surface area contributed by atoms with Gasteiger partial charge in [0.25, 0.3) is 0 Å². The van der Waals surface area contributed by atoms with Gasteiger partial charge >= 0.3 is 0 Å². The molecule has 2 amide bonds. The van der Waals surface area contributed by atoms with E-state index in [0.29, 0.717) is 24.3 Å². The topological polar surface area (TPSA) is 67.4 Å². The highest BCUT2D eigenvalue weighted by atomic mass is 32.2. The van der Waals surface area contributed by atoms with E-state index in [1.54, 1.807) is 7.11 Å². The third kappa shape index (κ3) is 6.32. The van der Waals surface area contributed by atoms with E-state index in [-0.39, 0.29) is 17.1 Å². The Bertz CT molecular complexity index is 780. The Hall–Kier alpha value is -2.47. The zero-order valence-electron chi connectivity index (χ0n) is 16.0. The van der Waals surface area contributed by atoms with Crippen LogP contribution in [0.2, 0.25) is 0 Å². The molecule has 2 aromatic rings. The molecule has 144 valence electrons. The monoisotopic (exact) mass is 386 g/mol. The summed E-state index contributed by atoms with van der Waals surface area (Å²) < 4.78 is 5.29. The van der Waals surface area contributed by atoms with Crippen molar-refractivity contribution in [2.24, 2.45) is 0 Å². The highest BCUT2D eigenvalue weighted by Gasteiger charge is 2.19. The average molecular weight is 387 g/mol. The van der Waals surface area contributed by atoms with Gasteiger partial charge in [-0.1, -0.05) is 32.0 Å². The summed E-state index contributed by atoms with van der Waals surface area (Å²) >= 11 is 1.48. The van der Waals surface area contributed by atoms with Crippen molar-refractivity contribution in [2.45, 2.75) is 43.3 Å². The molecule has 0 saturated carbocycles. The van der Waals surface area contributed by atoms with Crippen molar-refractivity contribution in [2.75, 3.05) is 17.7 Å². The SMILES string of the molecule is CCCC(=O)Nc1cccc(SC(CC)C(=O)Nc2ccccc2OC)c1. The fourth-order valence-electron chi connectivity index (χ4n) is 2.55. The molecular weight excluding hydrogens is 360 g/mol. The number of carbonyl (C=O) groups excluding carboxylic acids is 2. The summed E-state index contributed by atoms with van der Waals surface area (Å²) in [6.45, 7) is 3.95. The van der Waals surface area contributed by atoms with Crippen LogP contribution in [-0.2, 0) is 9.59 Å². The molecule has 0 spiro atoms. The number of nitrogens with one attached hydrogen (secondary N) is 2. The van der Waals surface area contributed by atoms with Crippen molar-refractivity contribution in [3.8, 4) is 5.75 Å². The molecule has 2 rings (SSSR count). The van der Waals surface area contributed by atoms with E-state index in [4.69, 9.17) is 4.74 Å². The van der Waals surface area contributed by atoms with Gasteiger partial charge in [-0.2, -0.15) is 0 Å². The summed E-state index contributed by atoms with van der Waals surface area (Å²) in [5, 5.41) is 5.58. The first-order chi connectivity index (χ1) is 13.1. The van der Waals surface area contributed by atoms with Crippen LogP contribution in [0.5, 0.6) is 5.75 Å². The summed E-state index contributed by atoms with van der Waals surface area (Å²) in [5.41, 5.74) is 1.41. The molecular formula is C21H26N2O3S. The highest BCUT2D eigenvalue weighted by molar-refractivity contribution is 8.00. The van der Waals surface area contributed by atoms with Crippen molar-refractivity contribution >= 4 is 35.0 Å². The zero-order valence-corrected chi connectivity index (χ0v) is 16.8. The van der Waals surface area contributed by atoms with E-state index in [2.05, 4.69) is 10.6 Å². The Morgan fingerprint density at radius 2 is 1.85 bits per heavy atom. The minimum absolute atomic E-state index is 0.000562. The number of methoxy groups -OCH3 is 1. The average Bonchev–Trinajstić information content (AvgIpc) is 2.67. The van der Waals surface area contributed by atoms with Gasteiger partial charge in [0.05, 0.1) is 18.0 Å². The fraction of sp³-hybridized carbons (Fsp3) is 0.333. The first-order valence-electron chi connectivity index (χ1n) is 9.07. The highest BCUT2D eigenvalue weighted by Crippen LogP contribution is 2.30. The minimum atomic E-state index is -0.253. The Balaban J connectivity index is 2.05. The normalized spacial score (nSPS) is 11.5. The first-order valence-corrected chi connectivity index (χ1v) is 9.95. The number of hydrogen-bond acceptors (Lipinski definition) is 4. The third-order valence-corrected chi connectivity index (χ3v) is 5.26. The maximum Gasteiger partial charge on any atom is 0.237 e. The molecule has 0 radical (unpaired) electrons. The summed E-state index contributed by atoms with van der Waals surface area (Å²) in [6, 6.07) is 14.9. The second-order valence-corrected chi connectivity index (χ2v) is 7.31. The van der Waals surface area contributed by atoms with Crippen LogP contribution in [0.3, 0.4) is 0 Å². The van der Waals surface area contributed by atoms with Gasteiger partial charge in [0.1, 0.15) is 5.75 Å². The van der Waals surface area contributed by atoms with Gasteiger partial charge in [-0.3, -0.25) is 9.59 Å². The smallest absolute Gasteiger partial charge is 0.237 e. The predicted molar refractivity (Wildman–Crippen MR) is 112 cm³/mol. The first kappa shape index (κ1) is 20.8. The van der Waals surface area contributed by atoms with E-state index >= 15 is 0 Å². The molecule has 0 aromatic heterocycles. The number of benzene rings is 2. The summed E-state index contributed by atoms with van der Waals surface area (Å²) in [6.07, 6.45) is 1.98. The number of para-hydroxylation sites is 2. The number of rotatable bonds is 9. The van der Waals surface area contributed by atoms with E-state index < -0.39 is 0 Å². The Morgan fingerprint density at radius 1 is 1.07 bits per heavy atom. The van der Waals surface area contributed by atoms with Gasteiger partial charge in [0.2, 0.25) is 11.8 Å². The van der Waals surface area contributed by atoms with Crippen LogP contribution in [0.15, 0.2) is 53.4 Å². The maximum atomic E-state index is 12.7. The Kier molecular flexibility index (Phi) is 8.20. The molecule has 2 aromatic carbocycles. The predicted octanol–water partition coefficient (Wildman–Crippen LogP) is 4.94. The molecule has 0 aliphatic rings. The number of thioether (sulfide) groups is 1. The van der Waals surface area contributed by atoms with Gasteiger partial charge in [-0.05, 0) is 43.2 Å². The number of ether oxygens (including phenoxy) is 1. The number of anilines is 2. The molecule has 0 bridgehead atoms. The van der Waals surface area contributed by atoms with Gasteiger partial charge in [-0.25, -0.2) is 0 Å². The molecule has 6 heteroatoms. The van der Waals surface area contributed by atoms with Crippen molar-refractivity contribution in [1.29, 1.82) is 0 Å². The third-order valence-electron chi connectivity index (χ3n) is 3.90. The lowest BCUT2D eigenvalue weighted by Crippen LogP contribution is -2.24. The van der Waals surface area contributed by atoms with E-state index in [1.807, 2.05) is 62.4 Å². The maximum absolute atomic E-state index is 12.7. The number of amides is 2. The Labute approximate surface area is 164 Å². The van der Waals surface area contributed by atoms with E-state index in [9.17, 15) is 9.59 Å². The van der Waals surface area contributed by atoms with Crippen LogP contribution < -0.4 is 15.4 Å². The van der Waals surface area contributed by atoms with Crippen LogP contribution >= 0.6 is 11.8 Å². The standard InChI is InChI=1S/C21H26N2O3S/c1-4-9-20(24)22-15-10-8-11-16(14-15)27-19(5-2)21(25)23-17-12-6-7-13-18(17)26-3/h6-8,10-14,19H,4-5,9H2,1-3H3,(H,22,24)(H,23,25). The summed E-state index contributed by atoms with van der Waals surface area (Å²) in [5.74, 6) is 0.555. The van der Waals surface area contributed by atoms with E-state index in [0.717, 1.165) is 17.0 Å². The molecule has 27 heavy (non-hydrogen) atoms. The van der Waals surface area contributed by atoms with Crippen LogP contribution in [0, 0.1) is 0 Å². The number of hydrogen-bond donors (Lipinski definition) is 2. The van der Waals surface area contributed by atoms with Gasteiger partial charge in [0.15, 0.2) is 0 Å². The van der Waals surface area contributed by atoms with Gasteiger partial charge in [-0.15, -0.1) is 11.8 Å². The molecule has 5 nitrogen and oxygen atoms in total. The quantitative estimate of drug-likeness (QED) is 0.599. The second kappa shape index (κ2) is 10.6. The Morgan fingerprint density at radius 3 is 2.56 bits per heavy atom. The van der Waals surface area contributed by atoms with Crippen LogP contribution in [0.1, 0.15) is 33.1 Å². The fourth-order valence-corrected chi connectivity index (χ4v) is 3.56. The van der Waals surface area contributed by atoms with Crippen molar-refractivity contribution < 1.29 is 14.3 Å². The molecule has 0 aliphatic heterocycles. The molecule has 1 unspecified atom stereocenters. The van der Waals surface area contributed by atoms with Gasteiger partial charge < -0.3 is 15.4 Å². The molecule has 1 atom stereocenters. The van der Waals surface area contributed by atoms with Crippen molar-refractivity contribution in [3.05, 3.63) is 48.5 Å². The summed E-state index contributed by atoms with van der Waals surface area (Å²) in [4.78, 5) is 25.4. The van der Waals surface area contributed by atoms with Crippen molar-refractivity contribution in [3.63, 3.8) is 0 Å². The van der Waals surface area contributed by atoms with Crippen molar-refractivity contribution in [1.82, 2.24) is 0 Å².